The summed E-state index contributed by atoms with van der Waals surface area (Å²) in [6.07, 6.45) is 12.4. The summed E-state index contributed by atoms with van der Waals surface area (Å²) < 4.78 is 0. The van der Waals surface area contributed by atoms with Gasteiger partial charge in [-0.1, -0.05) is 25.7 Å². The molecule has 0 aromatic rings. The molecular formula is C14H22Br2Si. The second-order valence-corrected chi connectivity index (χ2v) is 21.1. The summed E-state index contributed by atoms with van der Waals surface area (Å²) in [5, 5.41) is -1.32. The largest absolute Gasteiger partial charge is 0.207 e. The Balaban J connectivity index is 1.55. The maximum absolute atomic E-state index is 4.29. The highest BCUT2D eigenvalue weighted by Crippen LogP contribution is 2.67. The molecule has 4 aliphatic carbocycles. The Bertz CT molecular complexity index is 300. The lowest BCUT2D eigenvalue weighted by atomic mass is 9.99. The molecule has 0 aliphatic heterocycles. The van der Waals surface area contributed by atoms with Crippen LogP contribution in [0.25, 0.3) is 0 Å². The number of fused-ring (bicyclic) bond motifs is 4. The van der Waals surface area contributed by atoms with Crippen LogP contribution in [0, 0.1) is 23.7 Å². The normalized spacial score (nSPS) is 52.6. The van der Waals surface area contributed by atoms with Crippen LogP contribution in [0.3, 0.4) is 0 Å². The summed E-state index contributed by atoms with van der Waals surface area (Å²) in [6.45, 7) is 0. The van der Waals surface area contributed by atoms with E-state index in [1.807, 2.05) is 0 Å². The lowest BCUT2D eigenvalue weighted by molar-refractivity contribution is 0.443. The van der Waals surface area contributed by atoms with Crippen LogP contribution in [0.5, 0.6) is 0 Å². The zero-order valence-corrected chi connectivity index (χ0v) is 14.5. The fourth-order valence-electron chi connectivity index (χ4n) is 5.71. The first kappa shape index (κ1) is 12.0. The van der Waals surface area contributed by atoms with Crippen molar-refractivity contribution >= 4 is 35.9 Å². The highest BCUT2D eigenvalue weighted by Gasteiger charge is 2.58. The first-order valence-corrected chi connectivity index (χ1v) is 14.2. The van der Waals surface area contributed by atoms with Gasteiger partial charge in [-0.05, 0) is 60.4 Å². The SMILES string of the molecule is Br[Si](Br)(C1CC2CCC1C2)C1CC2CCC1C2. The number of hydrogen-bond acceptors (Lipinski definition) is 0. The van der Waals surface area contributed by atoms with Gasteiger partial charge >= 0.3 is 0 Å². The maximum atomic E-state index is 4.29. The van der Waals surface area contributed by atoms with Gasteiger partial charge in [0, 0.05) is 0 Å². The van der Waals surface area contributed by atoms with Crippen LogP contribution in [0.2, 0.25) is 11.1 Å². The Labute approximate surface area is 121 Å². The van der Waals surface area contributed by atoms with Crippen LogP contribution in [0.15, 0.2) is 0 Å². The van der Waals surface area contributed by atoms with Gasteiger partial charge < -0.3 is 0 Å². The fourth-order valence-corrected chi connectivity index (χ4v) is 16.1. The molecular weight excluding hydrogens is 356 g/mol. The van der Waals surface area contributed by atoms with Gasteiger partial charge in [-0.2, -0.15) is 0 Å². The molecule has 6 unspecified atom stereocenters. The smallest absolute Gasteiger partial charge is 0.110 e. The average molecular weight is 378 g/mol. The molecule has 0 nitrogen and oxygen atoms in total. The molecule has 0 spiro atoms. The van der Waals surface area contributed by atoms with E-state index in [1.54, 1.807) is 51.4 Å². The van der Waals surface area contributed by atoms with Crippen molar-refractivity contribution < 1.29 is 0 Å². The molecule has 96 valence electrons. The molecule has 0 N–H and O–H groups in total. The molecule has 0 saturated heterocycles. The monoisotopic (exact) mass is 376 g/mol. The van der Waals surface area contributed by atoms with Crippen molar-refractivity contribution in [2.24, 2.45) is 23.7 Å². The van der Waals surface area contributed by atoms with Gasteiger partial charge in [-0.3, -0.25) is 0 Å². The molecule has 0 heterocycles. The van der Waals surface area contributed by atoms with Crippen molar-refractivity contribution in [3.05, 3.63) is 0 Å². The molecule has 0 amide bonds. The summed E-state index contributed by atoms with van der Waals surface area (Å²) in [5.41, 5.74) is 2.12. The minimum atomic E-state index is -1.32. The number of halogens is 2. The van der Waals surface area contributed by atoms with E-state index < -0.39 is 5.31 Å². The third-order valence-corrected chi connectivity index (χ3v) is 16.9. The molecule has 0 radical (unpaired) electrons. The zero-order chi connectivity index (χ0) is 11.6. The summed E-state index contributed by atoms with van der Waals surface area (Å²) >= 11 is 8.59. The lowest BCUT2D eigenvalue weighted by Crippen LogP contribution is -2.37. The number of rotatable bonds is 2. The standard InChI is InChI=1S/C14H22Br2Si/c15-17(16,13-7-9-1-3-11(13)5-9)14-8-10-2-4-12(14)6-10/h9-14H,1-8H2. The predicted octanol–water partition coefficient (Wildman–Crippen LogP) is 5.60. The summed E-state index contributed by atoms with van der Waals surface area (Å²) in [7, 11) is 0. The first-order valence-electron chi connectivity index (χ1n) is 7.52. The first-order chi connectivity index (χ1) is 8.14. The van der Waals surface area contributed by atoms with Gasteiger partial charge in [0.15, 0.2) is 0 Å². The maximum Gasteiger partial charge on any atom is 0.207 e. The van der Waals surface area contributed by atoms with E-state index in [-0.39, 0.29) is 0 Å². The average Bonchev–Trinajstić information content (AvgIpc) is 3.07. The fraction of sp³-hybridized carbons (Fsp3) is 1.00. The highest BCUT2D eigenvalue weighted by molar-refractivity contribution is 9.51. The second-order valence-electron chi connectivity index (χ2n) is 7.24. The number of hydrogen-bond donors (Lipinski definition) is 0. The van der Waals surface area contributed by atoms with Gasteiger partial charge in [0.2, 0.25) is 5.31 Å². The van der Waals surface area contributed by atoms with E-state index in [0.717, 1.165) is 34.8 Å². The van der Waals surface area contributed by atoms with E-state index in [4.69, 9.17) is 0 Å². The Hall–Kier alpha value is 1.18. The van der Waals surface area contributed by atoms with Crippen LogP contribution in [0.4, 0.5) is 0 Å². The Morgan fingerprint density at radius 2 is 1.12 bits per heavy atom. The van der Waals surface area contributed by atoms with Gasteiger partial charge in [0.05, 0.1) is 0 Å². The molecule has 0 aromatic carbocycles. The van der Waals surface area contributed by atoms with Crippen LogP contribution in [0.1, 0.15) is 51.4 Å². The van der Waals surface area contributed by atoms with Gasteiger partial charge in [0.1, 0.15) is 0 Å². The molecule has 0 aromatic heterocycles. The van der Waals surface area contributed by atoms with E-state index >= 15 is 0 Å². The minimum Gasteiger partial charge on any atom is -0.110 e. The van der Waals surface area contributed by atoms with Crippen LogP contribution in [-0.2, 0) is 0 Å². The van der Waals surface area contributed by atoms with Crippen LogP contribution < -0.4 is 0 Å². The van der Waals surface area contributed by atoms with Gasteiger partial charge in [-0.25, -0.2) is 0 Å². The van der Waals surface area contributed by atoms with Crippen molar-refractivity contribution in [3.63, 3.8) is 0 Å². The molecule has 4 aliphatic rings. The van der Waals surface area contributed by atoms with Crippen LogP contribution >= 0.6 is 30.6 Å². The van der Waals surface area contributed by atoms with Gasteiger partial charge in [0.25, 0.3) is 0 Å². The highest BCUT2D eigenvalue weighted by atomic mass is 79.9. The van der Waals surface area contributed by atoms with Crippen molar-refractivity contribution in [2.75, 3.05) is 0 Å². The van der Waals surface area contributed by atoms with E-state index in [9.17, 15) is 0 Å². The van der Waals surface area contributed by atoms with Crippen molar-refractivity contribution in [1.82, 2.24) is 0 Å². The molecule has 17 heavy (non-hydrogen) atoms. The van der Waals surface area contributed by atoms with Crippen LogP contribution in [-0.4, -0.2) is 5.31 Å². The lowest BCUT2D eigenvalue weighted by Gasteiger charge is -2.40. The molecule has 4 saturated carbocycles. The second kappa shape index (κ2) is 4.08. The summed E-state index contributed by atoms with van der Waals surface area (Å²) in [6, 6.07) is 0. The third kappa shape index (κ3) is 1.78. The van der Waals surface area contributed by atoms with Crippen molar-refractivity contribution in [1.29, 1.82) is 0 Å². The molecule has 4 fully saturated rings. The minimum absolute atomic E-state index is 1.06. The third-order valence-electron chi connectivity index (χ3n) is 6.46. The predicted molar refractivity (Wildman–Crippen MR) is 82.0 cm³/mol. The summed E-state index contributed by atoms with van der Waals surface area (Å²) in [4.78, 5) is 0. The van der Waals surface area contributed by atoms with Crippen molar-refractivity contribution in [2.45, 2.75) is 62.4 Å². The van der Waals surface area contributed by atoms with E-state index in [1.165, 1.54) is 0 Å². The molecule has 4 rings (SSSR count). The Kier molecular flexibility index (Phi) is 2.87. The topological polar surface area (TPSA) is 0 Å². The molecule has 6 atom stereocenters. The molecule has 3 heteroatoms. The van der Waals surface area contributed by atoms with E-state index in [2.05, 4.69) is 30.6 Å². The Morgan fingerprint density at radius 1 is 0.647 bits per heavy atom. The van der Waals surface area contributed by atoms with E-state index in [0.29, 0.717) is 0 Å². The quantitative estimate of drug-likeness (QED) is 0.434. The van der Waals surface area contributed by atoms with Gasteiger partial charge in [-0.15, -0.1) is 30.6 Å². The molecule has 4 bridgehead atoms. The zero-order valence-electron chi connectivity index (χ0n) is 10.4. The van der Waals surface area contributed by atoms with Crippen molar-refractivity contribution in [3.8, 4) is 0 Å². The summed E-state index contributed by atoms with van der Waals surface area (Å²) in [5.74, 6) is 4.38. The Morgan fingerprint density at radius 3 is 1.41 bits per heavy atom.